The number of rotatable bonds is 8. The van der Waals surface area contributed by atoms with Crippen LogP contribution >= 0.6 is 12.2 Å². The fraction of sp³-hybridized carbons (Fsp3) is 0.412. The van der Waals surface area contributed by atoms with Crippen molar-refractivity contribution in [1.29, 1.82) is 0 Å². The average molecular weight is 365 g/mol. The van der Waals surface area contributed by atoms with E-state index >= 15 is 0 Å². The summed E-state index contributed by atoms with van der Waals surface area (Å²) in [6.07, 6.45) is 1.13. The van der Waals surface area contributed by atoms with Crippen molar-refractivity contribution in [3.05, 3.63) is 24.3 Å². The van der Waals surface area contributed by atoms with Gasteiger partial charge in [-0.1, -0.05) is 19.9 Å². The molecule has 0 saturated heterocycles. The molecule has 3 N–H and O–H groups in total. The molecule has 0 aromatic heterocycles. The van der Waals surface area contributed by atoms with E-state index in [2.05, 4.69) is 16.0 Å². The van der Waals surface area contributed by atoms with E-state index in [-0.39, 0.29) is 29.8 Å². The van der Waals surface area contributed by atoms with Gasteiger partial charge in [0.05, 0.1) is 13.0 Å². The topological polar surface area (TPSA) is 96.5 Å². The highest BCUT2D eigenvalue weighted by molar-refractivity contribution is 7.80. The minimum atomic E-state index is -0.407. The first-order valence-corrected chi connectivity index (χ1v) is 8.51. The molecule has 0 aliphatic carbocycles. The fourth-order valence-electron chi connectivity index (χ4n) is 1.78. The SMILES string of the molecule is CCCOC(=O)CCC(=O)NC(=S)Nc1cccc(NC(=O)CC)c1. The van der Waals surface area contributed by atoms with Crippen molar-refractivity contribution < 1.29 is 19.1 Å². The number of carbonyl (C=O) groups is 3. The highest BCUT2D eigenvalue weighted by atomic mass is 32.1. The predicted molar refractivity (Wildman–Crippen MR) is 100 cm³/mol. The van der Waals surface area contributed by atoms with Gasteiger partial charge in [0.2, 0.25) is 11.8 Å². The Morgan fingerprint density at radius 1 is 1.04 bits per heavy atom. The van der Waals surface area contributed by atoms with Crippen molar-refractivity contribution in [3.8, 4) is 0 Å². The summed E-state index contributed by atoms with van der Waals surface area (Å²) in [5, 5.41) is 8.21. The van der Waals surface area contributed by atoms with E-state index in [1.807, 2.05) is 6.92 Å². The maximum absolute atomic E-state index is 11.8. The highest BCUT2D eigenvalue weighted by Gasteiger charge is 2.09. The van der Waals surface area contributed by atoms with Crippen LogP contribution < -0.4 is 16.0 Å². The molecule has 0 radical (unpaired) electrons. The minimum absolute atomic E-state index is 0.00301. The Kier molecular flexibility index (Phi) is 9.16. The molecule has 0 aliphatic heterocycles. The molecule has 2 amide bonds. The molecule has 8 heteroatoms. The number of anilines is 2. The van der Waals surface area contributed by atoms with Gasteiger partial charge in [0.15, 0.2) is 5.11 Å². The molecule has 0 aliphatic rings. The van der Waals surface area contributed by atoms with Gasteiger partial charge in [0, 0.05) is 24.2 Å². The zero-order chi connectivity index (χ0) is 18.7. The van der Waals surface area contributed by atoms with E-state index in [9.17, 15) is 14.4 Å². The first-order chi connectivity index (χ1) is 11.9. The maximum Gasteiger partial charge on any atom is 0.306 e. The van der Waals surface area contributed by atoms with E-state index in [1.54, 1.807) is 31.2 Å². The molecule has 1 rings (SSSR count). The van der Waals surface area contributed by atoms with Crippen molar-refractivity contribution in [3.63, 3.8) is 0 Å². The number of amides is 2. The normalized spacial score (nSPS) is 9.84. The second-order valence-corrected chi connectivity index (χ2v) is 5.61. The van der Waals surface area contributed by atoms with Crippen molar-refractivity contribution in [2.75, 3.05) is 17.2 Å². The van der Waals surface area contributed by atoms with Crippen LogP contribution in [0.1, 0.15) is 39.5 Å². The molecule has 136 valence electrons. The van der Waals surface area contributed by atoms with Crippen molar-refractivity contribution in [2.24, 2.45) is 0 Å². The van der Waals surface area contributed by atoms with Gasteiger partial charge in [-0.15, -0.1) is 0 Å². The number of hydrogen-bond donors (Lipinski definition) is 3. The first-order valence-electron chi connectivity index (χ1n) is 8.11. The van der Waals surface area contributed by atoms with Gasteiger partial charge in [-0.2, -0.15) is 0 Å². The maximum atomic E-state index is 11.8. The van der Waals surface area contributed by atoms with E-state index in [1.165, 1.54) is 0 Å². The van der Waals surface area contributed by atoms with E-state index in [0.29, 0.717) is 24.4 Å². The van der Waals surface area contributed by atoms with Crippen LogP contribution in [-0.4, -0.2) is 29.5 Å². The lowest BCUT2D eigenvalue weighted by molar-refractivity contribution is -0.144. The monoisotopic (exact) mass is 365 g/mol. The number of ether oxygens (including phenoxy) is 1. The molecular formula is C17H23N3O4S. The first kappa shape index (κ1) is 20.6. The van der Waals surface area contributed by atoms with E-state index in [4.69, 9.17) is 17.0 Å². The third-order valence-corrected chi connectivity index (χ3v) is 3.21. The summed E-state index contributed by atoms with van der Waals surface area (Å²) in [7, 11) is 0. The van der Waals surface area contributed by atoms with Gasteiger partial charge in [-0.3, -0.25) is 14.4 Å². The summed E-state index contributed by atoms with van der Waals surface area (Å²) in [6, 6.07) is 6.96. The van der Waals surface area contributed by atoms with Gasteiger partial charge in [0.25, 0.3) is 0 Å². The van der Waals surface area contributed by atoms with Gasteiger partial charge in [0.1, 0.15) is 0 Å². The third kappa shape index (κ3) is 8.80. The molecule has 0 unspecified atom stereocenters. The Morgan fingerprint density at radius 2 is 1.72 bits per heavy atom. The van der Waals surface area contributed by atoms with Crippen LogP contribution in [0.3, 0.4) is 0 Å². The molecule has 1 aromatic carbocycles. The number of benzene rings is 1. The van der Waals surface area contributed by atoms with Crippen LogP contribution in [0.2, 0.25) is 0 Å². The van der Waals surface area contributed by atoms with Crippen LogP contribution in [-0.2, 0) is 19.1 Å². The predicted octanol–water partition coefficient (Wildman–Crippen LogP) is 2.58. The summed E-state index contributed by atoms with van der Waals surface area (Å²) in [4.78, 5) is 34.5. The lowest BCUT2D eigenvalue weighted by atomic mass is 10.2. The van der Waals surface area contributed by atoms with Crippen LogP contribution in [0.15, 0.2) is 24.3 Å². The Bertz CT molecular complexity index is 634. The molecular weight excluding hydrogens is 342 g/mol. The summed E-state index contributed by atoms with van der Waals surface area (Å²) in [5.41, 5.74) is 1.26. The van der Waals surface area contributed by atoms with Crippen LogP contribution in [0, 0.1) is 0 Å². The zero-order valence-corrected chi connectivity index (χ0v) is 15.2. The van der Waals surface area contributed by atoms with Crippen molar-refractivity contribution in [2.45, 2.75) is 39.5 Å². The number of nitrogens with one attached hydrogen (secondary N) is 3. The molecule has 0 saturated carbocycles. The second-order valence-electron chi connectivity index (χ2n) is 5.21. The standard InChI is InChI=1S/C17H23N3O4S/c1-3-10-24-16(23)9-8-15(22)20-17(25)19-13-7-5-6-12(11-13)18-14(21)4-2/h5-7,11H,3-4,8-10H2,1-2H3,(H,18,21)(H2,19,20,22,25). The van der Waals surface area contributed by atoms with Gasteiger partial charge in [-0.05, 0) is 36.8 Å². The van der Waals surface area contributed by atoms with Crippen LogP contribution in [0.5, 0.6) is 0 Å². The fourth-order valence-corrected chi connectivity index (χ4v) is 2.01. The summed E-state index contributed by atoms with van der Waals surface area (Å²) in [5.74, 6) is -0.875. The molecule has 7 nitrogen and oxygen atoms in total. The van der Waals surface area contributed by atoms with E-state index in [0.717, 1.165) is 6.42 Å². The quantitative estimate of drug-likeness (QED) is 0.484. The molecule has 0 heterocycles. The Balaban J connectivity index is 2.43. The number of esters is 1. The van der Waals surface area contributed by atoms with Crippen LogP contribution in [0.25, 0.3) is 0 Å². The molecule has 0 bridgehead atoms. The minimum Gasteiger partial charge on any atom is -0.466 e. The molecule has 25 heavy (non-hydrogen) atoms. The zero-order valence-electron chi connectivity index (χ0n) is 14.4. The Hall–Kier alpha value is -2.48. The number of carbonyl (C=O) groups excluding carboxylic acids is 3. The van der Waals surface area contributed by atoms with Crippen LogP contribution in [0.4, 0.5) is 11.4 Å². The smallest absolute Gasteiger partial charge is 0.306 e. The Labute approximate surface area is 152 Å². The second kappa shape index (κ2) is 11.1. The highest BCUT2D eigenvalue weighted by Crippen LogP contribution is 2.15. The lowest BCUT2D eigenvalue weighted by Gasteiger charge is -2.11. The number of hydrogen-bond acceptors (Lipinski definition) is 5. The molecule has 0 fully saturated rings. The largest absolute Gasteiger partial charge is 0.466 e. The summed E-state index contributed by atoms with van der Waals surface area (Å²) in [6.45, 7) is 4.01. The van der Waals surface area contributed by atoms with Crippen molar-refractivity contribution in [1.82, 2.24) is 5.32 Å². The number of thiocarbonyl (C=S) groups is 1. The van der Waals surface area contributed by atoms with Gasteiger partial charge >= 0.3 is 5.97 Å². The Morgan fingerprint density at radius 3 is 2.36 bits per heavy atom. The van der Waals surface area contributed by atoms with Gasteiger partial charge < -0.3 is 20.7 Å². The molecule has 0 atom stereocenters. The third-order valence-electron chi connectivity index (χ3n) is 3.00. The molecule has 1 aromatic rings. The van der Waals surface area contributed by atoms with Crippen molar-refractivity contribution >= 4 is 46.5 Å². The summed E-state index contributed by atoms with van der Waals surface area (Å²) >= 11 is 5.07. The molecule has 0 spiro atoms. The lowest BCUT2D eigenvalue weighted by Crippen LogP contribution is -2.34. The summed E-state index contributed by atoms with van der Waals surface area (Å²) < 4.78 is 4.89. The van der Waals surface area contributed by atoms with E-state index < -0.39 is 5.97 Å². The average Bonchev–Trinajstić information content (AvgIpc) is 2.58. The van der Waals surface area contributed by atoms with Gasteiger partial charge in [-0.25, -0.2) is 0 Å².